The normalized spacial score (nSPS) is 10.3. The lowest BCUT2D eigenvalue weighted by Crippen LogP contribution is -2.12. The first-order valence-electron chi connectivity index (χ1n) is 5.18. The molecule has 0 atom stereocenters. The molecule has 0 aliphatic carbocycles. The zero-order chi connectivity index (χ0) is 12.1. The summed E-state index contributed by atoms with van der Waals surface area (Å²) in [5.41, 5.74) is 0.360. The minimum atomic E-state index is -0.414. The van der Waals surface area contributed by atoms with Gasteiger partial charge in [-0.2, -0.15) is 0 Å². The molecule has 0 aliphatic heterocycles. The van der Waals surface area contributed by atoms with E-state index in [-0.39, 0.29) is 6.10 Å². The highest BCUT2D eigenvalue weighted by Crippen LogP contribution is 2.23. The second kappa shape index (κ2) is 5.75. The van der Waals surface area contributed by atoms with Crippen LogP contribution in [0.4, 0.5) is 0 Å². The van der Waals surface area contributed by atoms with E-state index in [0.29, 0.717) is 22.9 Å². The van der Waals surface area contributed by atoms with Crippen LogP contribution in [-0.2, 0) is 4.74 Å². The van der Waals surface area contributed by atoms with Crippen LogP contribution in [-0.4, -0.2) is 18.7 Å². The SMILES string of the molecule is CCOc1ccc(C(=O)OC(C)C)c(Cl)c1. The van der Waals surface area contributed by atoms with Gasteiger partial charge in [0, 0.05) is 0 Å². The first-order chi connectivity index (χ1) is 7.54. The van der Waals surface area contributed by atoms with Crippen LogP contribution in [0.2, 0.25) is 5.02 Å². The van der Waals surface area contributed by atoms with Crippen LogP contribution >= 0.6 is 11.6 Å². The van der Waals surface area contributed by atoms with E-state index in [1.54, 1.807) is 32.0 Å². The Bertz CT molecular complexity index is 375. The van der Waals surface area contributed by atoms with Crippen LogP contribution < -0.4 is 4.74 Å². The van der Waals surface area contributed by atoms with Gasteiger partial charge in [-0.15, -0.1) is 0 Å². The summed E-state index contributed by atoms with van der Waals surface area (Å²) >= 11 is 5.96. The van der Waals surface area contributed by atoms with E-state index in [4.69, 9.17) is 21.1 Å². The summed E-state index contributed by atoms with van der Waals surface area (Å²) in [4.78, 5) is 11.6. The molecule has 0 fully saturated rings. The fourth-order valence-corrected chi connectivity index (χ4v) is 1.44. The molecule has 0 heterocycles. The number of halogens is 1. The molecule has 4 heteroatoms. The highest BCUT2D eigenvalue weighted by Gasteiger charge is 2.13. The maximum atomic E-state index is 11.6. The minimum absolute atomic E-state index is 0.157. The lowest BCUT2D eigenvalue weighted by Gasteiger charge is -2.10. The number of carbonyl (C=O) groups is 1. The molecule has 0 saturated heterocycles. The molecule has 0 radical (unpaired) electrons. The molecular formula is C12H15ClO3. The fraction of sp³-hybridized carbons (Fsp3) is 0.417. The van der Waals surface area contributed by atoms with Gasteiger partial charge in [0.1, 0.15) is 5.75 Å². The molecule has 1 aromatic carbocycles. The molecule has 0 N–H and O–H groups in total. The summed E-state index contributed by atoms with van der Waals surface area (Å²) in [6, 6.07) is 4.92. The molecule has 0 unspecified atom stereocenters. The van der Waals surface area contributed by atoms with Gasteiger partial charge in [-0.05, 0) is 39.0 Å². The van der Waals surface area contributed by atoms with Crippen molar-refractivity contribution >= 4 is 17.6 Å². The Labute approximate surface area is 100 Å². The first kappa shape index (κ1) is 12.8. The predicted molar refractivity (Wildman–Crippen MR) is 63.2 cm³/mol. The van der Waals surface area contributed by atoms with E-state index in [9.17, 15) is 4.79 Å². The highest BCUT2D eigenvalue weighted by atomic mass is 35.5. The molecule has 88 valence electrons. The third kappa shape index (κ3) is 3.42. The van der Waals surface area contributed by atoms with Gasteiger partial charge in [-0.3, -0.25) is 0 Å². The Kier molecular flexibility index (Phi) is 4.62. The first-order valence-corrected chi connectivity index (χ1v) is 5.55. The van der Waals surface area contributed by atoms with Crippen molar-refractivity contribution in [3.8, 4) is 5.75 Å². The molecule has 1 aromatic rings. The summed E-state index contributed by atoms with van der Waals surface area (Å²) in [6.45, 7) is 6.03. The lowest BCUT2D eigenvalue weighted by atomic mass is 10.2. The molecule has 0 spiro atoms. The highest BCUT2D eigenvalue weighted by molar-refractivity contribution is 6.33. The Morgan fingerprint density at radius 3 is 2.62 bits per heavy atom. The maximum absolute atomic E-state index is 11.6. The van der Waals surface area contributed by atoms with Crippen LogP contribution in [0.15, 0.2) is 18.2 Å². The van der Waals surface area contributed by atoms with E-state index >= 15 is 0 Å². The third-order valence-electron chi connectivity index (χ3n) is 1.81. The quantitative estimate of drug-likeness (QED) is 0.760. The van der Waals surface area contributed by atoms with Gasteiger partial charge in [-0.25, -0.2) is 4.79 Å². The molecule has 1 rings (SSSR count). The number of ether oxygens (including phenoxy) is 2. The monoisotopic (exact) mass is 242 g/mol. The van der Waals surface area contributed by atoms with Crippen LogP contribution in [0.25, 0.3) is 0 Å². The summed E-state index contributed by atoms with van der Waals surface area (Å²) in [5, 5.41) is 0.344. The zero-order valence-corrected chi connectivity index (χ0v) is 10.4. The Morgan fingerprint density at radius 1 is 1.44 bits per heavy atom. The van der Waals surface area contributed by atoms with Gasteiger partial charge in [0.25, 0.3) is 0 Å². The largest absolute Gasteiger partial charge is 0.494 e. The van der Waals surface area contributed by atoms with E-state index < -0.39 is 5.97 Å². The van der Waals surface area contributed by atoms with Gasteiger partial charge >= 0.3 is 5.97 Å². The van der Waals surface area contributed by atoms with Crippen molar-refractivity contribution in [2.45, 2.75) is 26.9 Å². The molecule has 0 amide bonds. The van der Waals surface area contributed by atoms with E-state index in [0.717, 1.165) is 0 Å². The number of hydrogen-bond donors (Lipinski definition) is 0. The van der Waals surface area contributed by atoms with Crippen molar-refractivity contribution < 1.29 is 14.3 Å². The molecular weight excluding hydrogens is 228 g/mol. The van der Waals surface area contributed by atoms with E-state index in [1.165, 1.54) is 0 Å². The minimum Gasteiger partial charge on any atom is -0.494 e. The number of rotatable bonds is 4. The lowest BCUT2D eigenvalue weighted by molar-refractivity contribution is 0.0378. The van der Waals surface area contributed by atoms with Gasteiger partial charge in [0.15, 0.2) is 0 Å². The van der Waals surface area contributed by atoms with Gasteiger partial charge in [-0.1, -0.05) is 11.6 Å². The third-order valence-corrected chi connectivity index (χ3v) is 2.13. The summed E-state index contributed by atoms with van der Waals surface area (Å²) < 4.78 is 10.3. The number of hydrogen-bond acceptors (Lipinski definition) is 3. The van der Waals surface area contributed by atoms with Crippen molar-refractivity contribution in [1.82, 2.24) is 0 Å². The average molecular weight is 243 g/mol. The summed E-state index contributed by atoms with van der Waals surface area (Å²) in [5.74, 6) is 0.233. The molecule has 16 heavy (non-hydrogen) atoms. The molecule has 0 aromatic heterocycles. The van der Waals surface area contributed by atoms with Crippen molar-refractivity contribution in [3.05, 3.63) is 28.8 Å². The van der Waals surface area contributed by atoms with Crippen LogP contribution in [0.3, 0.4) is 0 Å². The topological polar surface area (TPSA) is 35.5 Å². The van der Waals surface area contributed by atoms with Crippen LogP contribution in [0.1, 0.15) is 31.1 Å². The zero-order valence-electron chi connectivity index (χ0n) is 9.62. The number of carbonyl (C=O) groups excluding carboxylic acids is 1. The second-order valence-corrected chi connectivity index (χ2v) is 3.94. The average Bonchev–Trinajstić information content (AvgIpc) is 2.16. The molecule has 0 bridgehead atoms. The number of esters is 1. The van der Waals surface area contributed by atoms with E-state index in [2.05, 4.69) is 0 Å². The van der Waals surface area contributed by atoms with Crippen molar-refractivity contribution in [2.75, 3.05) is 6.61 Å². The van der Waals surface area contributed by atoms with Gasteiger partial charge in [0.05, 0.1) is 23.3 Å². The standard InChI is InChI=1S/C12H15ClO3/c1-4-15-9-5-6-10(11(13)7-9)12(14)16-8(2)3/h5-8H,4H2,1-3H3. The summed E-state index contributed by atoms with van der Waals surface area (Å²) in [6.07, 6.45) is -0.157. The Hall–Kier alpha value is -1.22. The Balaban J connectivity index is 2.86. The number of benzene rings is 1. The second-order valence-electron chi connectivity index (χ2n) is 3.53. The van der Waals surface area contributed by atoms with Crippen molar-refractivity contribution in [1.29, 1.82) is 0 Å². The van der Waals surface area contributed by atoms with Gasteiger partial charge < -0.3 is 9.47 Å². The van der Waals surface area contributed by atoms with Crippen LogP contribution in [0.5, 0.6) is 5.75 Å². The Morgan fingerprint density at radius 2 is 2.12 bits per heavy atom. The van der Waals surface area contributed by atoms with Crippen molar-refractivity contribution in [2.24, 2.45) is 0 Å². The molecule has 0 aliphatic rings. The molecule has 0 saturated carbocycles. The fourth-order valence-electron chi connectivity index (χ4n) is 1.20. The van der Waals surface area contributed by atoms with E-state index in [1.807, 2.05) is 6.92 Å². The summed E-state index contributed by atoms with van der Waals surface area (Å²) in [7, 11) is 0. The smallest absolute Gasteiger partial charge is 0.339 e. The molecule has 3 nitrogen and oxygen atoms in total. The predicted octanol–water partition coefficient (Wildman–Crippen LogP) is 3.30. The maximum Gasteiger partial charge on any atom is 0.339 e. The van der Waals surface area contributed by atoms with Crippen molar-refractivity contribution in [3.63, 3.8) is 0 Å². The van der Waals surface area contributed by atoms with Crippen LogP contribution in [0, 0.1) is 0 Å². The van der Waals surface area contributed by atoms with Gasteiger partial charge in [0.2, 0.25) is 0 Å².